The number of nitrogens with zero attached hydrogens (tertiary/aromatic N) is 1. The molecule has 7 nitrogen and oxygen atoms in total. The Kier molecular flexibility index (Phi) is 6.25. The summed E-state index contributed by atoms with van der Waals surface area (Å²) in [5, 5.41) is 4.71. The van der Waals surface area contributed by atoms with Gasteiger partial charge in [-0.05, 0) is 60.0 Å². The number of carbonyl (C=O) groups excluding carboxylic acids is 2. The molecule has 166 valence electrons. The summed E-state index contributed by atoms with van der Waals surface area (Å²) in [7, 11) is -2.31. The molecule has 1 fully saturated rings. The van der Waals surface area contributed by atoms with Crippen LogP contribution in [0.25, 0.3) is 10.8 Å². The van der Waals surface area contributed by atoms with Crippen molar-refractivity contribution >= 4 is 38.4 Å². The van der Waals surface area contributed by atoms with E-state index in [4.69, 9.17) is 0 Å². The Bertz CT molecular complexity index is 1250. The van der Waals surface area contributed by atoms with Crippen molar-refractivity contribution in [1.82, 2.24) is 4.31 Å². The molecule has 0 atom stereocenters. The van der Waals surface area contributed by atoms with E-state index in [2.05, 4.69) is 10.1 Å². The molecule has 0 radical (unpaired) electrons. The van der Waals surface area contributed by atoms with E-state index in [1.54, 1.807) is 36.4 Å². The first-order chi connectivity index (χ1) is 15.4. The Hall–Kier alpha value is -3.23. The highest BCUT2D eigenvalue weighted by atomic mass is 32.2. The molecular formula is C24H24N2O5S. The molecule has 0 unspecified atom stereocenters. The quantitative estimate of drug-likeness (QED) is 0.597. The zero-order chi connectivity index (χ0) is 22.7. The zero-order valence-corrected chi connectivity index (χ0v) is 18.5. The minimum atomic E-state index is -3.62. The summed E-state index contributed by atoms with van der Waals surface area (Å²) >= 11 is 0. The molecule has 1 amide bonds. The molecule has 0 bridgehead atoms. The standard InChI is InChI=1S/C24H24N2O5S/c1-31-24(28)19-6-9-21(10-7-19)25-23(27)18-12-14-26(15-13-18)32(29,30)22-11-8-17-4-2-3-5-20(17)16-22/h2-11,16,18H,12-15H2,1H3,(H,25,27). The Labute approximate surface area is 187 Å². The minimum Gasteiger partial charge on any atom is -0.465 e. The second-order valence-electron chi connectivity index (χ2n) is 7.75. The van der Waals surface area contributed by atoms with Gasteiger partial charge in [-0.1, -0.05) is 30.3 Å². The molecule has 0 aromatic heterocycles. The number of carbonyl (C=O) groups is 2. The maximum absolute atomic E-state index is 13.1. The van der Waals surface area contributed by atoms with Crippen molar-refractivity contribution in [3.8, 4) is 0 Å². The van der Waals surface area contributed by atoms with Crippen molar-refractivity contribution in [2.75, 3.05) is 25.5 Å². The van der Waals surface area contributed by atoms with Crippen molar-refractivity contribution in [1.29, 1.82) is 0 Å². The van der Waals surface area contributed by atoms with Gasteiger partial charge < -0.3 is 10.1 Å². The number of anilines is 1. The van der Waals surface area contributed by atoms with Crippen LogP contribution in [0.4, 0.5) is 5.69 Å². The monoisotopic (exact) mass is 452 g/mol. The predicted molar refractivity (Wildman–Crippen MR) is 122 cm³/mol. The first kappa shape index (κ1) is 22.0. The third kappa shape index (κ3) is 4.51. The predicted octanol–water partition coefficient (Wildman–Crippen LogP) is 3.67. The number of piperidine rings is 1. The Morgan fingerprint density at radius 2 is 1.59 bits per heavy atom. The highest BCUT2D eigenvalue weighted by Gasteiger charge is 2.32. The van der Waals surface area contributed by atoms with Gasteiger partial charge in [-0.2, -0.15) is 4.31 Å². The first-order valence-electron chi connectivity index (χ1n) is 10.4. The molecule has 32 heavy (non-hydrogen) atoms. The van der Waals surface area contributed by atoms with Crippen LogP contribution in [0, 0.1) is 5.92 Å². The summed E-state index contributed by atoms with van der Waals surface area (Å²) in [6.45, 7) is 0.572. The maximum Gasteiger partial charge on any atom is 0.337 e. The van der Waals surface area contributed by atoms with E-state index < -0.39 is 16.0 Å². The van der Waals surface area contributed by atoms with Crippen molar-refractivity contribution in [2.24, 2.45) is 5.92 Å². The molecule has 1 aliphatic rings. The fourth-order valence-electron chi connectivity index (χ4n) is 3.89. The van der Waals surface area contributed by atoms with Crippen LogP contribution >= 0.6 is 0 Å². The van der Waals surface area contributed by atoms with E-state index in [0.717, 1.165) is 10.8 Å². The lowest BCUT2D eigenvalue weighted by molar-refractivity contribution is -0.120. The van der Waals surface area contributed by atoms with Gasteiger partial charge in [0.05, 0.1) is 17.6 Å². The summed E-state index contributed by atoms with van der Waals surface area (Å²) in [6.07, 6.45) is 0.887. The molecule has 4 rings (SSSR count). The Morgan fingerprint density at radius 1 is 0.938 bits per heavy atom. The second-order valence-corrected chi connectivity index (χ2v) is 9.68. The largest absolute Gasteiger partial charge is 0.465 e. The van der Waals surface area contributed by atoms with Crippen LogP contribution in [0.2, 0.25) is 0 Å². The van der Waals surface area contributed by atoms with Crippen LogP contribution in [0.1, 0.15) is 23.2 Å². The molecule has 3 aromatic rings. The average molecular weight is 453 g/mol. The van der Waals surface area contributed by atoms with E-state index in [1.165, 1.54) is 11.4 Å². The number of esters is 1. The number of amides is 1. The van der Waals surface area contributed by atoms with Crippen molar-refractivity contribution < 1.29 is 22.7 Å². The van der Waals surface area contributed by atoms with Crippen LogP contribution in [0.3, 0.4) is 0 Å². The first-order valence-corrected chi connectivity index (χ1v) is 11.8. The SMILES string of the molecule is COC(=O)c1ccc(NC(=O)C2CCN(S(=O)(=O)c3ccc4ccccc4c3)CC2)cc1. The minimum absolute atomic E-state index is 0.154. The number of rotatable bonds is 5. The number of benzene rings is 3. The van der Waals surface area contributed by atoms with E-state index in [0.29, 0.717) is 24.1 Å². The normalized spacial score (nSPS) is 15.4. The van der Waals surface area contributed by atoms with Crippen LogP contribution in [-0.2, 0) is 19.6 Å². The molecule has 1 aliphatic heterocycles. The summed E-state index contributed by atoms with van der Waals surface area (Å²) in [6, 6.07) is 19.2. The van der Waals surface area contributed by atoms with Gasteiger partial charge in [0.1, 0.15) is 0 Å². The number of hydrogen-bond donors (Lipinski definition) is 1. The average Bonchev–Trinajstić information content (AvgIpc) is 2.83. The summed E-state index contributed by atoms with van der Waals surface area (Å²) in [5.74, 6) is -0.875. The fourth-order valence-corrected chi connectivity index (χ4v) is 5.39. The molecule has 0 spiro atoms. The Balaban J connectivity index is 1.38. The number of nitrogens with one attached hydrogen (secondary N) is 1. The molecule has 0 aliphatic carbocycles. The molecule has 0 saturated carbocycles. The van der Waals surface area contributed by atoms with Gasteiger partial charge >= 0.3 is 5.97 Å². The van der Waals surface area contributed by atoms with E-state index in [1.807, 2.05) is 30.3 Å². The molecule has 8 heteroatoms. The molecule has 3 aromatic carbocycles. The number of fused-ring (bicyclic) bond motifs is 1. The van der Waals surface area contributed by atoms with Crippen LogP contribution in [0.15, 0.2) is 71.6 Å². The van der Waals surface area contributed by atoms with E-state index >= 15 is 0 Å². The van der Waals surface area contributed by atoms with E-state index in [9.17, 15) is 18.0 Å². The highest BCUT2D eigenvalue weighted by Crippen LogP contribution is 2.27. The Morgan fingerprint density at radius 3 is 2.25 bits per heavy atom. The zero-order valence-electron chi connectivity index (χ0n) is 17.7. The lowest BCUT2D eigenvalue weighted by Crippen LogP contribution is -2.41. The number of methoxy groups -OCH3 is 1. The number of hydrogen-bond acceptors (Lipinski definition) is 5. The van der Waals surface area contributed by atoms with Crippen molar-refractivity contribution in [3.05, 3.63) is 72.3 Å². The van der Waals surface area contributed by atoms with Gasteiger partial charge in [0, 0.05) is 24.7 Å². The van der Waals surface area contributed by atoms with Crippen LogP contribution < -0.4 is 5.32 Å². The lowest BCUT2D eigenvalue weighted by Gasteiger charge is -2.30. The molecule has 1 saturated heterocycles. The molecular weight excluding hydrogens is 428 g/mol. The van der Waals surface area contributed by atoms with Gasteiger partial charge in [0.2, 0.25) is 15.9 Å². The maximum atomic E-state index is 13.1. The summed E-state index contributed by atoms with van der Waals surface area (Å²) < 4.78 is 32.3. The lowest BCUT2D eigenvalue weighted by atomic mass is 9.97. The smallest absolute Gasteiger partial charge is 0.337 e. The van der Waals surface area contributed by atoms with Crippen LogP contribution in [-0.4, -0.2) is 44.8 Å². The molecule has 1 N–H and O–H groups in total. The van der Waals surface area contributed by atoms with Crippen molar-refractivity contribution in [3.63, 3.8) is 0 Å². The number of sulfonamides is 1. The van der Waals surface area contributed by atoms with Gasteiger partial charge in [0.25, 0.3) is 0 Å². The third-order valence-corrected chi connectivity index (χ3v) is 7.65. The van der Waals surface area contributed by atoms with E-state index in [-0.39, 0.29) is 29.8 Å². The van der Waals surface area contributed by atoms with Gasteiger partial charge in [0.15, 0.2) is 0 Å². The topological polar surface area (TPSA) is 92.8 Å². The number of ether oxygens (including phenoxy) is 1. The van der Waals surface area contributed by atoms with Gasteiger partial charge in [-0.15, -0.1) is 0 Å². The summed E-state index contributed by atoms with van der Waals surface area (Å²) in [5.41, 5.74) is 0.978. The van der Waals surface area contributed by atoms with Crippen LogP contribution in [0.5, 0.6) is 0 Å². The van der Waals surface area contributed by atoms with Gasteiger partial charge in [-0.25, -0.2) is 13.2 Å². The third-order valence-electron chi connectivity index (χ3n) is 5.76. The second kappa shape index (κ2) is 9.10. The molecule has 1 heterocycles. The van der Waals surface area contributed by atoms with Crippen molar-refractivity contribution in [2.45, 2.75) is 17.7 Å². The summed E-state index contributed by atoms with van der Waals surface area (Å²) in [4.78, 5) is 24.4. The highest BCUT2D eigenvalue weighted by molar-refractivity contribution is 7.89. The van der Waals surface area contributed by atoms with Gasteiger partial charge in [-0.3, -0.25) is 4.79 Å². The fraction of sp³-hybridized carbons (Fsp3) is 0.250.